The molecule has 0 radical (unpaired) electrons. The third-order valence-electron chi connectivity index (χ3n) is 3.95. The molecule has 0 fully saturated rings. The van der Waals surface area contributed by atoms with Crippen LogP contribution in [0.2, 0.25) is 0 Å². The van der Waals surface area contributed by atoms with E-state index in [9.17, 15) is 9.59 Å². The third-order valence-corrected chi connectivity index (χ3v) is 3.95. The Labute approximate surface area is 173 Å². The highest BCUT2D eigenvalue weighted by molar-refractivity contribution is 6.23. The van der Waals surface area contributed by atoms with Crippen molar-refractivity contribution < 1.29 is 19.2 Å². The molecular formula is C23H30N2O4. The number of nitrogens with zero attached hydrogens (tertiary/aromatic N) is 2. The second kappa shape index (κ2) is 12.3. The van der Waals surface area contributed by atoms with Gasteiger partial charge in [-0.2, -0.15) is 0 Å². The van der Waals surface area contributed by atoms with Crippen molar-refractivity contribution in [3.05, 3.63) is 72.6 Å². The first-order valence-electron chi connectivity index (χ1n) is 9.70. The van der Waals surface area contributed by atoms with E-state index in [2.05, 4.69) is 18.3 Å². The fourth-order valence-corrected chi connectivity index (χ4v) is 2.66. The van der Waals surface area contributed by atoms with Crippen molar-refractivity contribution >= 4 is 17.5 Å². The van der Waals surface area contributed by atoms with Crippen molar-refractivity contribution in [2.75, 3.05) is 13.2 Å². The molecule has 6 heteroatoms. The molecule has 0 aromatic carbocycles. The third kappa shape index (κ3) is 6.45. The number of hydrogen-bond donors (Lipinski definition) is 0. The van der Waals surface area contributed by atoms with Crippen LogP contribution in [-0.4, -0.2) is 41.7 Å². The molecule has 2 heterocycles. The van der Waals surface area contributed by atoms with Crippen LogP contribution in [0, 0.1) is 0 Å². The summed E-state index contributed by atoms with van der Waals surface area (Å²) in [5.41, 5.74) is 1.27. The Morgan fingerprint density at radius 2 is 1.90 bits per heavy atom. The van der Waals surface area contributed by atoms with Crippen molar-refractivity contribution in [2.45, 2.75) is 40.2 Å². The van der Waals surface area contributed by atoms with Crippen molar-refractivity contribution in [1.29, 1.82) is 0 Å². The van der Waals surface area contributed by atoms with Crippen LogP contribution in [0.15, 0.2) is 77.8 Å². The topological polar surface area (TPSA) is 68.2 Å². The summed E-state index contributed by atoms with van der Waals surface area (Å²) in [5, 5.41) is 3.99. The fraction of sp³-hybridized carbons (Fsp3) is 0.348. The van der Waals surface area contributed by atoms with Crippen LogP contribution in [0.5, 0.6) is 0 Å². The van der Waals surface area contributed by atoms with E-state index < -0.39 is 0 Å². The highest BCUT2D eigenvalue weighted by Gasteiger charge is 2.37. The molecule has 2 rings (SSSR count). The molecule has 6 nitrogen and oxygen atoms in total. The van der Waals surface area contributed by atoms with Crippen molar-refractivity contribution in [1.82, 2.24) is 4.90 Å². The molecule has 0 aromatic rings. The minimum absolute atomic E-state index is 0.0920. The molecule has 2 aliphatic rings. The smallest absolute Gasteiger partial charge is 0.261 e. The van der Waals surface area contributed by atoms with Crippen LogP contribution in [0.1, 0.15) is 34.1 Å². The molecule has 0 saturated carbocycles. The number of imide groups is 1. The Bertz CT molecular complexity index is 785. The van der Waals surface area contributed by atoms with Gasteiger partial charge in [-0.3, -0.25) is 14.5 Å². The van der Waals surface area contributed by atoms with Gasteiger partial charge < -0.3 is 9.57 Å². The summed E-state index contributed by atoms with van der Waals surface area (Å²) in [6.07, 6.45) is 12.3. The van der Waals surface area contributed by atoms with E-state index in [-0.39, 0.29) is 31.1 Å². The zero-order valence-electron chi connectivity index (χ0n) is 17.7. The van der Waals surface area contributed by atoms with Gasteiger partial charge >= 0.3 is 0 Å². The van der Waals surface area contributed by atoms with Gasteiger partial charge in [0, 0.05) is 6.42 Å². The van der Waals surface area contributed by atoms with Crippen LogP contribution < -0.4 is 0 Å². The monoisotopic (exact) mass is 398 g/mol. The summed E-state index contributed by atoms with van der Waals surface area (Å²) in [4.78, 5) is 31.4. The van der Waals surface area contributed by atoms with Gasteiger partial charge in [0.05, 0.1) is 23.4 Å². The molecule has 2 amide bonds. The van der Waals surface area contributed by atoms with Crippen LogP contribution in [0.4, 0.5) is 0 Å². The number of amides is 2. The molecule has 0 aliphatic carbocycles. The summed E-state index contributed by atoms with van der Waals surface area (Å²) >= 11 is 0. The first kappa shape index (κ1) is 23.9. The van der Waals surface area contributed by atoms with Crippen LogP contribution >= 0.6 is 0 Å². The number of ether oxygens (including phenoxy) is 1. The summed E-state index contributed by atoms with van der Waals surface area (Å²) in [5.74, 6) is -0.197. The molecule has 156 valence electrons. The van der Waals surface area contributed by atoms with E-state index in [4.69, 9.17) is 9.57 Å². The number of carbonyl (C=O) groups is 2. The Hall–Kier alpha value is -3.15. The number of rotatable bonds is 9. The minimum Gasteiger partial charge on any atom is -0.490 e. The molecule has 0 saturated heterocycles. The molecule has 0 N–H and O–H groups in total. The van der Waals surface area contributed by atoms with Crippen LogP contribution in [0.3, 0.4) is 0 Å². The standard InChI is InChI=1S/C21H24N2O4.C2H6/c1-5-8-9-11-15(4)26-14-17-12-16(22-27-17)13-23-20(24)18(7-3)19(10-6-2)21(23)25;1-2/h5-11,17H,3-4,12-14H2,1-2H3;1-2H3/b8-5-,10-6-,11-9-;. The first-order chi connectivity index (χ1) is 14.0. The molecule has 29 heavy (non-hydrogen) atoms. The minimum atomic E-state index is -0.368. The zero-order valence-corrected chi connectivity index (χ0v) is 17.7. The molecule has 0 aromatic heterocycles. The van der Waals surface area contributed by atoms with Gasteiger partial charge in [0.1, 0.15) is 12.4 Å². The lowest BCUT2D eigenvalue weighted by atomic mass is 10.1. The van der Waals surface area contributed by atoms with Gasteiger partial charge in [0.2, 0.25) is 0 Å². The van der Waals surface area contributed by atoms with Gasteiger partial charge in [-0.1, -0.05) is 68.6 Å². The number of oxime groups is 1. The van der Waals surface area contributed by atoms with E-state index in [1.54, 1.807) is 25.2 Å². The normalized spacial score (nSPS) is 19.1. The maximum absolute atomic E-state index is 12.5. The number of allylic oxidation sites excluding steroid dienone is 5. The Morgan fingerprint density at radius 1 is 1.21 bits per heavy atom. The quantitative estimate of drug-likeness (QED) is 0.331. The first-order valence-corrected chi connectivity index (χ1v) is 9.70. The maximum atomic E-state index is 12.5. The van der Waals surface area contributed by atoms with Crippen molar-refractivity contribution in [3.8, 4) is 0 Å². The molecule has 1 atom stereocenters. The second-order valence-electron chi connectivity index (χ2n) is 5.98. The van der Waals surface area contributed by atoms with Crippen molar-refractivity contribution in [2.24, 2.45) is 5.16 Å². The second-order valence-corrected chi connectivity index (χ2v) is 5.98. The molecule has 0 spiro atoms. The maximum Gasteiger partial charge on any atom is 0.261 e. The number of hydrogen-bond acceptors (Lipinski definition) is 5. The lowest BCUT2D eigenvalue weighted by Crippen LogP contribution is -2.36. The highest BCUT2D eigenvalue weighted by Crippen LogP contribution is 2.24. The molecule has 0 bridgehead atoms. The van der Waals surface area contributed by atoms with E-state index in [1.165, 1.54) is 6.08 Å². The van der Waals surface area contributed by atoms with E-state index >= 15 is 0 Å². The Morgan fingerprint density at radius 3 is 2.52 bits per heavy atom. The van der Waals surface area contributed by atoms with Crippen molar-refractivity contribution in [3.63, 3.8) is 0 Å². The predicted octanol–water partition coefficient (Wildman–Crippen LogP) is 4.25. The van der Waals surface area contributed by atoms with E-state index in [0.29, 0.717) is 29.0 Å². The average molecular weight is 399 g/mol. The lowest BCUT2D eigenvalue weighted by molar-refractivity contribution is -0.136. The fourth-order valence-electron chi connectivity index (χ4n) is 2.66. The average Bonchev–Trinajstić information content (AvgIpc) is 3.27. The molecular weight excluding hydrogens is 368 g/mol. The summed E-state index contributed by atoms with van der Waals surface area (Å²) in [7, 11) is 0. The number of carbonyl (C=O) groups excluding carboxylic acids is 2. The van der Waals surface area contributed by atoms with Gasteiger partial charge in [0.25, 0.3) is 11.8 Å². The largest absolute Gasteiger partial charge is 0.490 e. The van der Waals surface area contributed by atoms with E-state index in [0.717, 1.165) is 4.90 Å². The predicted molar refractivity (Wildman–Crippen MR) is 116 cm³/mol. The van der Waals surface area contributed by atoms with Gasteiger partial charge in [-0.05, 0) is 19.9 Å². The van der Waals surface area contributed by atoms with Crippen LogP contribution in [0.25, 0.3) is 0 Å². The lowest BCUT2D eigenvalue weighted by Gasteiger charge is -2.14. The van der Waals surface area contributed by atoms with Gasteiger partial charge in [0.15, 0.2) is 6.10 Å². The summed E-state index contributed by atoms with van der Waals surface area (Å²) in [6, 6.07) is 0. The molecule has 2 aliphatic heterocycles. The van der Waals surface area contributed by atoms with Gasteiger partial charge in [-0.25, -0.2) is 0 Å². The molecule has 1 unspecified atom stereocenters. The van der Waals surface area contributed by atoms with E-state index in [1.807, 2.05) is 39.0 Å². The SMILES string of the molecule is C=CC1=C(/C=C\C)C(=O)N(CC2=NOC(COC(=C)/C=C\C=C/C)C2)C1=O.CC. The summed E-state index contributed by atoms with van der Waals surface area (Å²) < 4.78 is 5.52. The highest BCUT2D eigenvalue weighted by atomic mass is 16.7. The van der Waals surface area contributed by atoms with Gasteiger partial charge in [-0.15, -0.1) is 0 Å². The van der Waals surface area contributed by atoms with Crippen LogP contribution in [-0.2, 0) is 19.2 Å². The Balaban J connectivity index is 0.00000204. The Kier molecular flexibility index (Phi) is 10.2. The summed E-state index contributed by atoms with van der Waals surface area (Å²) in [6.45, 7) is 15.5. The zero-order chi connectivity index (χ0) is 21.8.